The van der Waals surface area contributed by atoms with Gasteiger partial charge in [-0.25, -0.2) is 4.39 Å². The number of hydrogen-bond acceptors (Lipinski definition) is 2. The van der Waals surface area contributed by atoms with Crippen LogP contribution in [0.1, 0.15) is 23.6 Å². The molecule has 3 rings (SSSR count). The van der Waals surface area contributed by atoms with Gasteiger partial charge >= 0.3 is 0 Å². The average Bonchev–Trinajstić information content (AvgIpc) is 2.40. The highest BCUT2D eigenvalue weighted by Crippen LogP contribution is 2.37. The molecule has 0 saturated heterocycles. The van der Waals surface area contributed by atoms with Crippen molar-refractivity contribution in [3.8, 4) is 0 Å². The van der Waals surface area contributed by atoms with Crippen molar-refractivity contribution in [1.82, 2.24) is 4.98 Å². The number of anilines is 1. The molecule has 0 fully saturated rings. The maximum absolute atomic E-state index is 13.7. The smallest absolute Gasteiger partial charge is 0.225 e. The van der Waals surface area contributed by atoms with Crippen LogP contribution in [0, 0.1) is 5.82 Å². The minimum absolute atomic E-state index is 0.175. The SMILES string of the molecule is O=C1CC(c2ccccn2)c2cccc(F)c2N1. The first-order chi connectivity index (χ1) is 8.75. The third-order valence-electron chi connectivity index (χ3n) is 3.12. The molecule has 1 unspecified atom stereocenters. The minimum Gasteiger partial charge on any atom is -0.323 e. The van der Waals surface area contributed by atoms with Gasteiger partial charge in [0.15, 0.2) is 0 Å². The first-order valence-electron chi connectivity index (χ1n) is 5.75. The Kier molecular flexibility index (Phi) is 2.55. The van der Waals surface area contributed by atoms with Gasteiger partial charge in [-0.3, -0.25) is 9.78 Å². The van der Waals surface area contributed by atoms with E-state index in [-0.39, 0.29) is 17.5 Å². The van der Waals surface area contributed by atoms with Gasteiger partial charge in [-0.05, 0) is 23.8 Å². The molecule has 2 heterocycles. The van der Waals surface area contributed by atoms with E-state index in [2.05, 4.69) is 10.3 Å². The Morgan fingerprint density at radius 2 is 2.11 bits per heavy atom. The number of fused-ring (bicyclic) bond motifs is 1. The molecule has 3 nitrogen and oxygen atoms in total. The van der Waals surface area contributed by atoms with Crippen LogP contribution >= 0.6 is 0 Å². The number of aromatic nitrogens is 1. The van der Waals surface area contributed by atoms with Crippen molar-refractivity contribution >= 4 is 11.6 Å². The molecular weight excluding hydrogens is 231 g/mol. The second-order valence-electron chi connectivity index (χ2n) is 4.26. The van der Waals surface area contributed by atoms with E-state index in [1.807, 2.05) is 24.3 Å². The summed E-state index contributed by atoms with van der Waals surface area (Å²) < 4.78 is 13.7. The van der Waals surface area contributed by atoms with Crippen LogP contribution in [0.2, 0.25) is 0 Å². The summed E-state index contributed by atoms with van der Waals surface area (Å²) in [5.41, 5.74) is 1.86. The van der Waals surface area contributed by atoms with Gasteiger partial charge in [-0.2, -0.15) is 0 Å². The van der Waals surface area contributed by atoms with Crippen molar-refractivity contribution < 1.29 is 9.18 Å². The normalized spacial score (nSPS) is 18.1. The molecule has 1 aliphatic heterocycles. The number of para-hydroxylation sites is 1. The first-order valence-corrected chi connectivity index (χ1v) is 5.75. The lowest BCUT2D eigenvalue weighted by Gasteiger charge is -2.25. The van der Waals surface area contributed by atoms with Crippen LogP contribution in [0.5, 0.6) is 0 Å². The van der Waals surface area contributed by atoms with E-state index in [1.165, 1.54) is 6.07 Å². The lowest BCUT2D eigenvalue weighted by molar-refractivity contribution is -0.116. The minimum atomic E-state index is -0.401. The molecule has 1 N–H and O–H groups in total. The second kappa shape index (κ2) is 4.22. The Morgan fingerprint density at radius 3 is 2.89 bits per heavy atom. The fraction of sp³-hybridized carbons (Fsp3) is 0.143. The summed E-state index contributed by atoms with van der Waals surface area (Å²) in [4.78, 5) is 15.9. The molecule has 0 bridgehead atoms. The van der Waals surface area contributed by atoms with Gasteiger partial charge in [0.2, 0.25) is 5.91 Å². The number of hydrogen-bond donors (Lipinski definition) is 1. The zero-order valence-electron chi connectivity index (χ0n) is 9.56. The van der Waals surface area contributed by atoms with Crippen molar-refractivity contribution in [1.29, 1.82) is 0 Å². The van der Waals surface area contributed by atoms with E-state index in [0.717, 1.165) is 11.3 Å². The van der Waals surface area contributed by atoms with Gasteiger partial charge in [-0.15, -0.1) is 0 Å². The number of rotatable bonds is 1. The molecule has 0 spiro atoms. The number of nitrogens with one attached hydrogen (secondary N) is 1. The number of nitrogens with zero attached hydrogens (tertiary/aromatic N) is 1. The maximum Gasteiger partial charge on any atom is 0.225 e. The molecule has 1 amide bonds. The number of benzene rings is 1. The van der Waals surface area contributed by atoms with E-state index < -0.39 is 5.82 Å². The van der Waals surface area contributed by atoms with Crippen LogP contribution in [0.3, 0.4) is 0 Å². The zero-order chi connectivity index (χ0) is 12.5. The van der Waals surface area contributed by atoms with Crippen molar-refractivity contribution in [3.63, 3.8) is 0 Å². The number of carbonyl (C=O) groups is 1. The van der Waals surface area contributed by atoms with Gasteiger partial charge in [0.05, 0.1) is 5.69 Å². The van der Waals surface area contributed by atoms with E-state index >= 15 is 0 Å². The summed E-state index contributed by atoms with van der Waals surface area (Å²) in [7, 11) is 0. The molecule has 4 heteroatoms. The number of halogens is 1. The molecule has 0 aliphatic carbocycles. The van der Waals surface area contributed by atoms with Gasteiger partial charge < -0.3 is 5.32 Å². The summed E-state index contributed by atoms with van der Waals surface area (Å²) in [6.45, 7) is 0. The molecule has 2 aromatic rings. The lowest BCUT2D eigenvalue weighted by Crippen LogP contribution is -2.24. The van der Waals surface area contributed by atoms with Gasteiger partial charge in [-0.1, -0.05) is 18.2 Å². The molecule has 1 aromatic heterocycles. The standard InChI is InChI=1S/C14H11FN2O/c15-11-5-3-4-9-10(8-13(18)17-14(9)11)12-6-1-2-7-16-12/h1-7,10H,8H2,(H,17,18). The number of carbonyl (C=O) groups excluding carboxylic acids is 1. The highest BCUT2D eigenvalue weighted by molar-refractivity contribution is 5.95. The van der Waals surface area contributed by atoms with Crippen LogP contribution in [0.4, 0.5) is 10.1 Å². The van der Waals surface area contributed by atoms with Crippen LogP contribution < -0.4 is 5.32 Å². The fourth-order valence-electron chi connectivity index (χ4n) is 2.29. The number of amides is 1. The molecule has 1 atom stereocenters. The predicted octanol–water partition coefficient (Wildman–Crippen LogP) is 2.69. The summed E-state index contributed by atoms with van der Waals surface area (Å²) in [6.07, 6.45) is 1.98. The molecule has 90 valence electrons. The molecule has 0 saturated carbocycles. The Balaban J connectivity index is 2.14. The van der Waals surface area contributed by atoms with Crippen LogP contribution in [-0.4, -0.2) is 10.9 Å². The van der Waals surface area contributed by atoms with E-state index in [0.29, 0.717) is 6.42 Å². The average molecular weight is 242 g/mol. The third-order valence-corrected chi connectivity index (χ3v) is 3.12. The van der Waals surface area contributed by atoms with Crippen LogP contribution in [0.15, 0.2) is 42.6 Å². The lowest BCUT2D eigenvalue weighted by atomic mass is 9.87. The summed E-state index contributed by atoms with van der Waals surface area (Å²) in [6, 6.07) is 10.4. The van der Waals surface area contributed by atoms with Crippen LogP contribution in [0.25, 0.3) is 0 Å². The Labute approximate surface area is 104 Å². The highest BCUT2D eigenvalue weighted by Gasteiger charge is 2.28. The maximum atomic E-state index is 13.7. The summed E-state index contributed by atoms with van der Waals surface area (Å²) in [5, 5.41) is 2.59. The zero-order valence-corrected chi connectivity index (χ0v) is 9.56. The van der Waals surface area contributed by atoms with Gasteiger partial charge in [0.25, 0.3) is 0 Å². The molecule has 18 heavy (non-hydrogen) atoms. The van der Waals surface area contributed by atoms with Crippen molar-refractivity contribution in [2.75, 3.05) is 5.32 Å². The Hall–Kier alpha value is -2.23. The monoisotopic (exact) mass is 242 g/mol. The molecular formula is C14H11FN2O. The fourth-order valence-corrected chi connectivity index (χ4v) is 2.29. The Morgan fingerprint density at radius 1 is 1.22 bits per heavy atom. The van der Waals surface area contributed by atoms with Crippen molar-refractivity contribution in [2.24, 2.45) is 0 Å². The topological polar surface area (TPSA) is 42.0 Å². The summed E-state index contributed by atoms with van der Waals surface area (Å²) in [5.74, 6) is -0.754. The first kappa shape index (κ1) is 10.9. The van der Waals surface area contributed by atoms with E-state index in [4.69, 9.17) is 0 Å². The van der Waals surface area contributed by atoms with Crippen molar-refractivity contribution in [2.45, 2.75) is 12.3 Å². The second-order valence-corrected chi connectivity index (χ2v) is 4.26. The number of pyridine rings is 1. The third kappa shape index (κ3) is 1.76. The van der Waals surface area contributed by atoms with Crippen molar-refractivity contribution in [3.05, 3.63) is 59.7 Å². The highest BCUT2D eigenvalue weighted by atomic mass is 19.1. The van der Waals surface area contributed by atoms with E-state index in [9.17, 15) is 9.18 Å². The molecule has 1 aromatic carbocycles. The molecule has 1 aliphatic rings. The largest absolute Gasteiger partial charge is 0.323 e. The van der Waals surface area contributed by atoms with E-state index in [1.54, 1.807) is 12.3 Å². The predicted molar refractivity (Wildman–Crippen MR) is 65.7 cm³/mol. The van der Waals surface area contributed by atoms with Gasteiger partial charge in [0, 0.05) is 24.2 Å². The van der Waals surface area contributed by atoms with Crippen LogP contribution in [-0.2, 0) is 4.79 Å². The van der Waals surface area contributed by atoms with Gasteiger partial charge in [0.1, 0.15) is 5.82 Å². The quantitative estimate of drug-likeness (QED) is 0.835. The summed E-state index contributed by atoms with van der Waals surface area (Å²) >= 11 is 0. The molecule has 0 radical (unpaired) electrons. The Bertz CT molecular complexity index is 598.